The molecule has 0 bridgehead atoms. The van der Waals surface area contributed by atoms with Crippen molar-refractivity contribution in [1.82, 2.24) is 10.6 Å². The van der Waals surface area contributed by atoms with E-state index in [1.807, 2.05) is 0 Å². The van der Waals surface area contributed by atoms with Gasteiger partial charge in [-0.2, -0.15) is 0 Å². The number of benzene rings is 1. The summed E-state index contributed by atoms with van der Waals surface area (Å²) in [5.41, 5.74) is 0.394. The van der Waals surface area contributed by atoms with E-state index in [1.165, 1.54) is 12.1 Å². The summed E-state index contributed by atoms with van der Waals surface area (Å²) in [5.74, 6) is -0.339. The Morgan fingerprint density at radius 2 is 2.16 bits per heavy atom. The summed E-state index contributed by atoms with van der Waals surface area (Å²) in [7, 11) is 0. The van der Waals surface area contributed by atoms with Gasteiger partial charge >= 0.3 is 0 Å². The second-order valence-electron chi connectivity index (χ2n) is 5.40. The molecule has 1 aromatic rings. The lowest BCUT2D eigenvalue weighted by Gasteiger charge is -2.34. The number of phenols is 1. The fraction of sp³-hybridized carbons (Fsp3) is 0.500. The Bertz CT molecular complexity index is 471. The van der Waals surface area contributed by atoms with Crippen molar-refractivity contribution in [3.8, 4) is 5.75 Å². The summed E-state index contributed by atoms with van der Waals surface area (Å²) in [6.45, 7) is 4.77. The molecule has 0 spiro atoms. The molecule has 0 saturated carbocycles. The maximum atomic E-state index is 12.0. The third kappa shape index (κ3) is 3.61. The van der Waals surface area contributed by atoms with Crippen LogP contribution in [0.1, 0.15) is 30.1 Å². The molecule has 1 amide bonds. The van der Waals surface area contributed by atoms with Crippen molar-refractivity contribution in [2.24, 2.45) is 5.41 Å². The highest BCUT2D eigenvalue weighted by molar-refractivity contribution is 6.30. The number of phenolic OH excluding ortho intramolecular Hbond substituents is 1. The standard InChI is InChI=1S/C14H19ClN2O2/c1-14(4-6-16-7-5-14)9-17-13(19)11-3-2-10(15)8-12(11)18/h2-3,8,16,18H,4-7,9H2,1H3,(H,17,19). The number of piperidine rings is 1. The number of hydrogen-bond acceptors (Lipinski definition) is 3. The summed E-state index contributed by atoms with van der Waals surface area (Å²) < 4.78 is 0. The zero-order chi connectivity index (χ0) is 13.9. The molecule has 0 aliphatic carbocycles. The molecule has 1 aliphatic heterocycles. The molecule has 104 valence electrons. The quantitative estimate of drug-likeness (QED) is 0.796. The highest BCUT2D eigenvalue weighted by Gasteiger charge is 2.27. The number of halogens is 1. The second kappa shape index (κ2) is 5.80. The molecule has 2 rings (SSSR count). The van der Waals surface area contributed by atoms with Gasteiger partial charge in [0.2, 0.25) is 0 Å². The van der Waals surface area contributed by atoms with Crippen molar-refractivity contribution in [3.63, 3.8) is 0 Å². The molecule has 1 aliphatic rings. The summed E-state index contributed by atoms with van der Waals surface area (Å²) in [6.07, 6.45) is 2.08. The van der Waals surface area contributed by atoms with Crippen LogP contribution < -0.4 is 10.6 Å². The number of rotatable bonds is 3. The molecule has 0 unspecified atom stereocenters. The van der Waals surface area contributed by atoms with E-state index in [-0.39, 0.29) is 22.6 Å². The van der Waals surface area contributed by atoms with E-state index in [9.17, 15) is 9.90 Å². The Morgan fingerprint density at radius 3 is 2.79 bits per heavy atom. The molecule has 3 N–H and O–H groups in total. The number of aromatic hydroxyl groups is 1. The van der Waals surface area contributed by atoms with E-state index < -0.39 is 0 Å². The predicted octanol–water partition coefficient (Wildman–Crippen LogP) is 2.17. The van der Waals surface area contributed by atoms with Gasteiger partial charge in [-0.25, -0.2) is 0 Å². The topological polar surface area (TPSA) is 61.4 Å². The first-order valence-electron chi connectivity index (χ1n) is 6.48. The van der Waals surface area contributed by atoms with Crippen LogP contribution in [-0.2, 0) is 0 Å². The van der Waals surface area contributed by atoms with Crippen molar-refractivity contribution in [2.75, 3.05) is 19.6 Å². The Balaban J connectivity index is 1.97. The van der Waals surface area contributed by atoms with Crippen molar-refractivity contribution in [1.29, 1.82) is 0 Å². The predicted molar refractivity (Wildman–Crippen MR) is 75.7 cm³/mol. The molecule has 0 aromatic heterocycles. The number of nitrogens with one attached hydrogen (secondary N) is 2. The molecular formula is C14H19ClN2O2. The molecule has 0 atom stereocenters. The van der Waals surface area contributed by atoms with Crippen LogP contribution in [0.15, 0.2) is 18.2 Å². The average molecular weight is 283 g/mol. The monoisotopic (exact) mass is 282 g/mol. The van der Waals surface area contributed by atoms with Crippen molar-refractivity contribution < 1.29 is 9.90 Å². The van der Waals surface area contributed by atoms with Crippen LogP contribution in [0.25, 0.3) is 0 Å². The average Bonchev–Trinajstić information content (AvgIpc) is 2.37. The summed E-state index contributed by atoms with van der Waals surface area (Å²) in [4.78, 5) is 12.0. The lowest BCUT2D eigenvalue weighted by Crippen LogP contribution is -2.42. The first kappa shape index (κ1) is 14.2. The minimum absolute atomic E-state index is 0.0829. The fourth-order valence-electron chi connectivity index (χ4n) is 2.29. The zero-order valence-electron chi connectivity index (χ0n) is 11.0. The van der Waals surface area contributed by atoms with Crippen LogP contribution in [0, 0.1) is 5.41 Å². The number of hydrogen-bond donors (Lipinski definition) is 3. The van der Waals surface area contributed by atoms with E-state index in [0.717, 1.165) is 25.9 Å². The van der Waals surface area contributed by atoms with Gasteiger partial charge < -0.3 is 15.7 Å². The van der Waals surface area contributed by atoms with E-state index in [0.29, 0.717) is 11.6 Å². The highest BCUT2D eigenvalue weighted by Crippen LogP contribution is 2.27. The molecular weight excluding hydrogens is 264 g/mol. The van der Waals surface area contributed by atoms with E-state index in [1.54, 1.807) is 6.07 Å². The van der Waals surface area contributed by atoms with E-state index >= 15 is 0 Å². The maximum absolute atomic E-state index is 12.0. The first-order chi connectivity index (χ1) is 9.00. The summed E-state index contributed by atoms with van der Waals surface area (Å²) in [6, 6.07) is 4.52. The Labute approximate surface area is 118 Å². The molecule has 1 aromatic carbocycles. The van der Waals surface area contributed by atoms with Crippen LogP contribution in [-0.4, -0.2) is 30.6 Å². The lowest BCUT2D eigenvalue weighted by molar-refractivity contribution is 0.0919. The Kier molecular flexibility index (Phi) is 4.32. The van der Waals surface area contributed by atoms with Gasteiger partial charge in [0.1, 0.15) is 5.75 Å². The third-order valence-corrected chi connectivity index (χ3v) is 3.93. The molecule has 4 nitrogen and oxygen atoms in total. The summed E-state index contributed by atoms with van der Waals surface area (Å²) >= 11 is 5.74. The van der Waals surface area contributed by atoms with Gasteiger partial charge in [-0.05, 0) is 49.5 Å². The van der Waals surface area contributed by atoms with Crippen LogP contribution in [0.4, 0.5) is 0 Å². The Hall–Kier alpha value is -1.26. The van der Waals surface area contributed by atoms with Crippen LogP contribution in [0.5, 0.6) is 5.75 Å². The Morgan fingerprint density at radius 1 is 1.47 bits per heavy atom. The van der Waals surface area contributed by atoms with Crippen LogP contribution in [0.2, 0.25) is 5.02 Å². The van der Waals surface area contributed by atoms with Crippen molar-refractivity contribution in [3.05, 3.63) is 28.8 Å². The van der Waals surface area contributed by atoms with Crippen molar-refractivity contribution >= 4 is 17.5 Å². The highest BCUT2D eigenvalue weighted by atomic mass is 35.5. The SMILES string of the molecule is CC1(CNC(=O)c2ccc(Cl)cc2O)CCNCC1. The number of amides is 1. The largest absolute Gasteiger partial charge is 0.507 e. The first-order valence-corrected chi connectivity index (χ1v) is 6.85. The second-order valence-corrected chi connectivity index (χ2v) is 5.84. The maximum Gasteiger partial charge on any atom is 0.255 e. The molecule has 19 heavy (non-hydrogen) atoms. The number of carbonyl (C=O) groups excluding carboxylic acids is 1. The molecule has 5 heteroatoms. The minimum atomic E-state index is -0.256. The van der Waals surface area contributed by atoms with Crippen LogP contribution in [0.3, 0.4) is 0 Å². The molecule has 1 saturated heterocycles. The van der Waals surface area contributed by atoms with Crippen molar-refractivity contribution in [2.45, 2.75) is 19.8 Å². The molecule has 1 heterocycles. The van der Waals surface area contributed by atoms with E-state index in [2.05, 4.69) is 17.6 Å². The number of carbonyl (C=O) groups is 1. The van der Waals surface area contributed by atoms with Crippen LogP contribution >= 0.6 is 11.6 Å². The van der Waals surface area contributed by atoms with Gasteiger partial charge in [0.05, 0.1) is 5.56 Å². The van der Waals surface area contributed by atoms with Gasteiger partial charge in [-0.1, -0.05) is 18.5 Å². The van der Waals surface area contributed by atoms with Gasteiger partial charge in [-0.15, -0.1) is 0 Å². The van der Waals surface area contributed by atoms with Gasteiger partial charge in [-0.3, -0.25) is 4.79 Å². The molecule has 0 radical (unpaired) electrons. The fourth-order valence-corrected chi connectivity index (χ4v) is 2.46. The molecule has 1 fully saturated rings. The summed E-state index contributed by atoms with van der Waals surface area (Å²) in [5, 5.41) is 16.3. The minimum Gasteiger partial charge on any atom is -0.507 e. The van der Waals surface area contributed by atoms with E-state index in [4.69, 9.17) is 11.6 Å². The van der Waals surface area contributed by atoms with Gasteiger partial charge in [0, 0.05) is 11.6 Å². The van der Waals surface area contributed by atoms with Gasteiger partial charge in [0.15, 0.2) is 0 Å². The third-order valence-electron chi connectivity index (χ3n) is 3.69. The lowest BCUT2D eigenvalue weighted by atomic mass is 9.81. The van der Waals surface area contributed by atoms with Gasteiger partial charge in [0.25, 0.3) is 5.91 Å². The zero-order valence-corrected chi connectivity index (χ0v) is 11.8. The normalized spacial score (nSPS) is 18.0. The smallest absolute Gasteiger partial charge is 0.255 e.